The lowest BCUT2D eigenvalue weighted by molar-refractivity contribution is -0.130. The second kappa shape index (κ2) is 3.04. The summed E-state index contributed by atoms with van der Waals surface area (Å²) in [5, 5.41) is 0. The Morgan fingerprint density at radius 3 is 2.00 bits per heavy atom. The third kappa shape index (κ3) is 1.49. The number of carbonyl (C=O) groups excluding carboxylic acids is 1. The molecule has 0 spiro atoms. The van der Waals surface area contributed by atoms with Crippen LogP contribution in [0.4, 0.5) is 0 Å². The van der Waals surface area contributed by atoms with Gasteiger partial charge in [-0.25, -0.2) is 0 Å². The van der Waals surface area contributed by atoms with E-state index in [2.05, 4.69) is 0 Å². The highest BCUT2D eigenvalue weighted by Gasteiger charge is 2.32. The van der Waals surface area contributed by atoms with Crippen molar-refractivity contribution in [3.63, 3.8) is 0 Å². The average Bonchev–Trinajstić information content (AvgIpc) is 1.85. The van der Waals surface area contributed by atoms with E-state index in [9.17, 15) is 4.79 Å². The average molecular weight is 142 g/mol. The Morgan fingerprint density at radius 2 is 2.00 bits per heavy atom. The summed E-state index contributed by atoms with van der Waals surface area (Å²) in [6.07, 6.45) is 0.757. The van der Waals surface area contributed by atoms with Crippen LogP contribution in [-0.2, 0) is 4.79 Å². The molecule has 2 nitrogen and oxygen atoms in total. The third-order valence-corrected chi connectivity index (χ3v) is 2.53. The molecule has 10 heavy (non-hydrogen) atoms. The molecule has 2 heteroatoms. The van der Waals surface area contributed by atoms with Crippen molar-refractivity contribution in [1.29, 1.82) is 0 Å². The summed E-state index contributed by atoms with van der Waals surface area (Å²) < 4.78 is 0. The Kier molecular flexibility index (Phi) is 2.88. The van der Waals surface area contributed by atoms with Crippen molar-refractivity contribution in [2.45, 2.75) is 34.1 Å². The fourth-order valence-corrected chi connectivity index (χ4v) is 0.831. The maximum absolute atomic E-state index is 10.8. The minimum absolute atomic E-state index is 0.266. The van der Waals surface area contributed by atoms with Crippen molar-refractivity contribution in [2.75, 3.05) is 0 Å². The van der Waals surface area contributed by atoms with Gasteiger partial charge in [-0.3, -0.25) is 10.5 Å². The largest absolute Gasteiger partial charge is 0.273 e. The van der Waals surface area contributed by atoms with Crippen LogP contribution in [-0.4, -0.2) is 5.91 Å². The summed E-state index contributed by atoms with van der Waals surface area (Å²) in [4.78, 5) is 10.8. The van der Waals surface area contributed by atoms with Crippen LogP contribution in [0.5, 0.6) is 0 Å². The summed E-state index contributed by atoms with van der Waals surface area (Å²) in [6, 6.07) is 0. The molecule has 0 saturated carbocycles. The van der Waals surface area contributed by atoms with Crippen molar-refractivity contribution >= 4 is 5.91 Å². The SMILES string of the molecule is CCC(C)(C([NH])=O)C(C)C. The predicted octanol–water partition coefficient (Wildman–Crippen LogP) is 1.87. The first-order valence-corrected chi connectivity index (χ1v) is 3.71. The van der Waals surface area contributed by atoms with E-state index in [0.29, 0.717) is 0 Å². The van der Waals surface area contributed by atoms with Crippen LogP contribution in [0, 0.1) is 11.3 Å². The second-order valence-corrected chi connectivity index (χ2v) is 3.25. The molecule has 1 atom stereocenters. The predicted molar refractivity (Wildman–Crippen MR) is 41.3 cm³/mol. The number of amides is 1. The lowest BCUT2D eigenvalue weighted by atomic mass is 9.76. The molecule has 0 bridgehead atoms. The van der Waals surface area contributed by atoms with Crippen LogP contribution in [0.25, 0.3) is 0 Å². The van der Waals surface area contributed by atoms with E-state index in [1.807, 2.05) is 27.7 Å². The van der Waals surface area contributed by atoms with Crippen molar-refractivity contribution in [1.82, 2.24) is 5.73 Å². The Bertz CT molecular complexity index is 131. The molecule has 0 aliphatic carbocycles. The van der Waals surface area contributed by atoms with Crippen molar-refractivity contribution in [3.8, 4) is 0 Å². The molecule has 0 aromatic rings. The summed E-state index contributed by atoms with van der Waals surface area (Å²) in [5.41, 5.74) is 6.59. The van der Waals surface area contributed by atoms with Crippen molar-refractivity contribution in [3.05, 3.63) is 0 Å². The lowest BCUT2D eigenvalue weighted by Crippen LogP contribution is -2.33. The molecular weight excluding hydrogens is 126 g/mol. The van der Waals surface area contributed by atoms with E-state index in [4.69, 9.17) is 5.73 Å². The van der Waals surface area contributed by atoms with Crippen LogP contribution >= 0.6 is 0 Å². The molecule has 0 saturated heterocycles. The van der Waals surface area contributed by atoms with Gasteiger partial charge in [-0.1, -0.05) is 27.7 Å². The maximum atomic E-state index is 10.8. The molecule has 59 valence electrons. The van der Waals surface area contributed by atoms with Crippen LogP contribution in [0.15, 0.2) is 0 Å². The van der Waals surface area contributed by atoms with Gasteiger partial charge in [0.1, 0.15) is 0 Å². The molecular formula is C8H16NO. The first-order valence-electron chi connectivity index (χ1n) is 3.71. The summed E-state index contributed by atoms with van der Waals surface area (Å²) in [5.74, 6) is -0.174. The number of rotatable bonds is 3. The quantitative estimate of drug-likeness (QED) is 0.593. The standard InChI is InChI=1S/C8H16NO/c1-5-8(4,6(2)3)7(9)10/h6,9H,5H2,1-4H3. The highest BCUT2D eigenvalue weighted by Crippen LogP contribution is 2.30. The molecule has 0 heterocycles. The molecule has 1 unspecified atom stereocenters. The maximum Gasteiger partial charge on any atom is 0.244 e. The van der Waals surface area contributed by atoms with Crippen LogP contribution < -0.4 is 5.73 Å². The molecule has 0 aromatic carbocycles. The monoisotopic (exact) mass is 142 g/mol. The minimum Gasteiger partial charge on any atom is -0.273 e. The highest BCUT2D eigenvalue weighted by atomic mass is 16.1. The zero-order valence-corrected chi connectivity index (χ0v) is 7.19. The van der Waals surface area contributed by atoms with E-state index in [1.165, 1.54) is 0 Å². The van der Waals surface area contributed by atoms with E-state index >= 15 is 0 Å². The molecule has 0 fully saturated rings. The Hall–Kier alpha value is -0.530. The van der Waals surface area contributed by atoms with Gasteiger partial charge in [0.25, 0.3) is 0 Å². The zero-order valence-electron chi connectivity index (χ0n) is 7.19. The second-order valence-electron chi connectivity index (χ2n) is 3.25. The van der Waals surface area contributed by atoms with Gasteiger partial charge in [-0.2, -0.15) is 0 Å². The topological polar surface area (TPSA) is 40.9 Å². The molecule has 0 rings (SSSR count). The van der Waals surface area contributed by atoms with Crippen LogP contribution in [0.3, 0.4) is 0 Å². The van der Waals surface area contributed by atoms with E-state index in [0.717, 1.165) is 6.42 Å². The van der Waals surface area contributed by atoms with E-state index in [-0.39, 0.29) is 5.92 Å². The van der Waals surface area contributed by atoms with Crippen molar-refractivity contribution < 1.29 is 4.79 Å². The fourth-order valence-electron chi connectivity index (χ4n) is 0.831. The van der Waals surface area contributed by atoms with Gasteiger partial charge in [0.15, 0.2) is 0 Å². The van der Waals surface area contributed by atoms with Gasteiger partial charge in [-0.15, -0.1) is 0 Å². The normalized spacial score (nSPS) is 16.9. The number of hydrogen-bond donors (Lipinski definition) is 0. The lowest BCUT2D eigenvalue weighted by Gasteiger charge is -2.27. The van der Waals surface area contributed by atoms with Gasteiger partial charge >= 0.3 is 0 Å². The summed E-state index contributed by atoms with van der Waals surface area (Å²) in [6.45, 7) is 7.77. The van der Waals surface area contributed by atoms with Crippen molar-refractivity contribution in [2.24, 2.45) is 11.3 Å². The number of carbonyl (C=O) groups is 1. The minimum atomic E-state index is -0.440. The van der Waals surface area contributed by atoms with Gasteiger partial charge in [0.05, 0.1) is 5.41 Å². The molecule has 1 amide bonds. The van der Waals surface area contributed by atoms with Crippen LogP contribution in [0.2, 0.25) is 0 Å². The summed E-state index contributed by atoms with van der Waals surface area (Å²) >= 11 is 0. The highest BCUT2D eigenvalue weighted by molar-refractivity contribution is 5.79. The fraction of sp³-hybridized carbons (Fsp3) is 0.875. The molecule has 1 N–H and O–H groups in total. The molecule has 0 aromatic heterocycles. The Morgan fingerprint density at radius 1 is 1.60 bits per heavy atom. The first kappa shape index (κ1) is 9.47. The van der Waals surface area contributed by atoms with E-state index < -0.39 is 11.3 Å². The third-order valence-electron chi connectivity index (χ3n) is 2.53. The van der Waals surface area contributed by atoms with Crippen LogP contribution in [0.1, 0.15) is 34.1 Å². The number of hydrogen-bond acceptors (Lipinski definition) is 1. The Labute approximate surface area is 62.8 Å². The smallest absolute Gasteiger partial charge is 0.244 e. The summed E-state index contributed by atoms with van der Waals surface area (Å²) in [7, 11) is 0. The molecule has 0 aliphatic heterocycles. The van der Waals surface area contributed by atoms with Gasteiger partial charge in [-0.05, 0) is 12.3 Å². The zero-order chi connectivity index (χ0) is 8.36. The van der Waals surface area contributed by atoms with Gasteiger partial charge < -0.3 is 0 Å². The molecule has 0 aliphatic rings. The van der Waals surface area contributed by atoms with Gasteiger partial charge in [0, 0.05) is 0 Å². The van der Waals surface area contributed by atoms with Gasteiger partial charge in [0.2, 0.25) is 5.91 Å². The number of nitrogens with one attached hydrogen (secondary N) is 1. The first-order chi connectivity index (χ1) is 4.45. The molecule has 1 radical (unpaired) electrons. The van der Waals surface area contributed by atoms with E-state index in [1.54, 1.807) is 0 Å². The Balaban J connectivity index is 4.38.